The number of carbonyl (C=O) groups is 2. The standard InChI is InChI=1S/C14H14N4O3S2/c19-11(8-18-6-7-21-14(18)20)15-12-16-13(23-17-12)22-9-10-4-2-1-3-5-10/h1-5H,6-9H2,(H,15,17,19). The van der Waals surface area contributed by atoms with Gasteiger partial charge in [-0.25, -0.2) is 4.79 Å². The van der Waals surface area contributed by atoms with Crippen LogP contribution in [0.4, 0.5) is 10.7 Å². The molecule has 2 amide bonds. The smallest absolute Gasteiger partial charge is 0.410 e. The second-order valence-corrected chi connectivity index (χ2v) is 6.72. The summed E-state index contributed by atoms with van der Waals surface area (Å²) in [6.07, 6.45) is -0.467. The van der Waals surface area contributed by atoms with E-state index in [1.807, 2.05) is 30.3 Å². The van der Waals surface area contributed by atoms with E-state index in [4.69, 9.17) is 4.74 Å². The van der Waals surface area contributed by atoms with Crippen LogP contribution >= 0.6 is 23.3 Å². The Hall–Kier alpha value is -2.13. The molecule has 3 rings (SSSR count). The molecule has 9 heteroatoms. The molecule has 2 heterocycles. The number of hydrogen-bond donors (Lipinski definition) is 1. The van der Waals surface area contributed by atoms with E-state index in [2.05, 4.69) is 14.7 Å². The molecule has 0 aliphatic carbocycles. The average molecular weight is 350 g/mol. The van der Waals surface area contributed by atoms with Gasteiger partial charge in [0.15, 0.2) is 4.34 Å². The van der Waals surface area contributed by atoms with Crippen LogP contribution in [0.15, 0.2) is 34.7 Å². The van der Waals surface area contributed by atoms with Crippen LogP contribution in [0.5, 0.6) is 0 Å². The molecule has 0 spiro atoms. The number of anilines is 1. The number of cyclic esters (lactones) is 1. The summed E-state index contributed by atoms with van der Waals surface area (Å²) >= 11 is 2.80. The van der Waals surface area contributed by atoms with E-state index in [1.165, 1.54) is 22.0 Å². The molecule has 120 valence electrons. The Morgan fingerprint density at radius 1 is 1.39 bits per heavy atom. The van der Waals surface area contributed by atoms with Crippen molar-refractivity contribution in [1.82, 2.24) is 14.3 Å². The maximum Gasteiger partial charge on any atom is 0.410 e. The summed E-state index contributed by atoms with van der Waals surface area (Å²) in [6.45, 7) is 0.695. The van der Waals surface area contributed by atoms with Crippen molar-refractivity contribution in [2.24, 2.45) is 0 Å². The first-order valence-electron chi connectivity index (χ1n) is 6.93. The van der Waals surface area contributed by atoms with E-state index in [1.54, 1.807) is 11.8 Å². The minimum absolute atomic E-state index is 0.0511. The predicted molar refractivity (Wildman–Crippen MR) is 87.5 cm³/mol. The van der Waals surface area contributed by atoms with Crippen molar-refractivity contribution in [1.29, 1.82) is 0 Å². The number of rotatable bonds is 6. The maximum absolute atomic E-state index is 11.9. The molecule has 0 bridgehead atoms. The fraction of sp³-hybridized carbons (Fsp3) is 0.286. The molecule has 1 fully saturated rings. The Bertz CT molecular complexity index is 692. The number of thioether (sulfide) groups is 1. The van der Waals surface area contributed by atoms with Crippen molar-refractivity contribution < 1.29 is 14.3 Å². The Balaban J connectivity index is 1.49. The first-order chi connectivity index (χ1) is 11.2. The molecule has 1 N–H and O–H groups in total. The van der Waals surface area contributed by atoms with Gasteiger partial charge in [0.25, 0.3) is 0 Å². The van der Waals surface area contributed by atoms with Crippen molar-refractivity contribution >= 4 is 41.2 Å². The average Bonchev–Trinajstić information content (AvgIpc) is 3.16. The van der Waals surface area contributed by atoms with E-state index in [0.29, 0.717) is 13.2 Å². The van der Waals surface area contributed by atoms with Crippen LogP contribution in [0.1, 0.15) is 5.56 Å². The normalized spacial score (nSPS) is 13.9. The molecule has 1 aromatic carbocycles. The fourth-order valence-corrected chi connectivity index (χ4v) is 3.46. The molecule has 0 unspecified atom stereocenters. The molecular formula is C14H14N4O3S2. The number of carbonyl (C=O) groups excluding carboxylic acids is 2. The van der Waals surface area contributed by atoms with E-state index in [-0.39, 0.29) is 18.4 Å². The minimum atomic E-state index is -0.467. The highest BCUT2D eigenvalue weighted by atomic mass is 32.2. The SMILES string of the molecule is O=C(CN1CCOC1=O)Nc1nsc(SCc2ccccc2)n1. The zero-order valence-corrected chi connectivity index (χ0v) is 13.7. The molecule has 0 radical (unpaired) electrons. The largest absolute Gasteiger partial charge is 0.448 e. The summed E-state index contributed by atoms with van der Waals surface area (Å²) < 4.78 is 9.66. The summed E-state index contributed by atoms with van der Waals surface area (Å²) in [5.74, 6) is 0.729. The van der Waals surface area contributed by atoms with Gasteiger partial charge in [0.2, 0.25) is 11.9 Å². The molecule has 0 atom stereocenters. The lowest BCUT2D eigenvalue weighted by Gasteiger charge is -2.10. The Kier molecular flexibility index (Phi) is 5.09. The van der Waals surface area contributed by atoms with Crippen molar-refractivity contribution in [3.63, 3.8) is 0 Å². The summed E-state index contributed by atoms with van der Waals surface area (Å²) in [6, 6.07) is 10.1. The highest BCUT2D eigenvalue weighted by molar-refractivity contribution is 8.00. The van der Waals surface area contributed by atoms with Crippen molar-refractivity contribution in [3.05, 3.63) is 35.9 Å². The van der Waals surface area contributed by atoms with E-state index >= 15 is 0 Å². The van der Waals surface area contributed by atoms with Gasteiger partial charge in [-0.05, 0) is 17.1 Å². The van der Waals surface area contributed by atoms with Crippen LogP contribution < -0.4 is 5.32 Å². The molecule has 1 aromatic heterocycles. The Morgan fingerprint density at radius 3 is 2.96 bits per heavy atom. The van der Waals surface area contributed by atoms with Crippen molar-refractivity contribution in [2.75, 3.05) is 25.0 Å². The molecule has 2 aromatic rings. The highest BCUT2D eigenvalue weighted by Crippen LogP contribution is 2.25. The van der Waals surface area contributed by atoms with Gasteiger partial charge < -0.3 is 4.74 Å². The predicted octanol–water partition coefficient (Wildman–Crippen LogP) is 2.22. The van der Waals surface area contributed by atoms with Crippen LogP contribution in [-0.4, -0.2) is 46.0 Å². The number of aromatic nitrogens is 2. The number of nitrogens with one attached hydrogen (secondary N) is 1. The fourth-order valence-electron chi connectivity index (χ4n) is 1.95. The monoisotopic (exact) mass is 350 g/mol. The quantitative estimate of drug-likeness (QED) is 0.804. The second kappa shape index (κ2) is 7.42. The molecule has 1 saturated heterocycles. The second-order valence-electron chi connectivity index (χ2n) is 4.74. The number of benzene rings is 1. The van der Waals surface area contributed by atoms with Gasteiger partial charge in [0.05, 0.1) is 6.54 Å². The first-order valence-corrected chi connectivity index (χ1v) is 8.68. The summed E-state index contributed by atoms with van der Waals surface area (Å²) in [4.78, 5) is 28.7. The highest BCUT2D eigenvalue weighted by Gasteiger charge is 2.24. The van der Waals surface area contributed by atoms with Crippen LogP contribution in [0.3, 0.4) is 0 Å². The molecule has 23 heavy (non-hydrogen) atoms. The maximum atomic E-state index is 11.9. The van der Waals surface area contributed by atoms with Crippen LogP contribution in [0.25, 0.3) is 0 Å². The van der Waals surface area contributed by atoms with Gasteiger partial charge >= 0.3 is 6.09 Å². The number of ether oxygens (including phenoxy) is 1. The first kappa shape index (κ1) is 15.8. The molecular weight excluding hydrogens is 336 g/mol. The van der Waals surface area contributed by atoms with Gasteiger partial charge in [-0.1, -0.05) is 42.1 Å². The molecule has 1 aliphatic rings. The van der Waals surface area contributed by atoms with E-state index < -0.39 is 6.09 Å². The number of nitrogens with zero attached hydrogens (tertiary/aromatic N) is 3. The lowest BCUT2D eigenvalue weighted by molar-refractivity contribution is -0.116. The van der Waals surface area contributed by atoms with E-state index in [9.17, 15) is 9.59 Å². The van der Waals surface area contributed by atoms with Crippen LogP contribution in [0, 0.1) is 0 Å². The van der Waals surface area contributed by atoms with Crippen LogP contribution in [0.2, 0.25) is 0 Å². The lowest BCUT2D eigenvalue weighted by atomic mass is 10.2. The molecule has 1 aliphatic heterocycles. The summed E-state index contributed by atoms with van der Waals surface area (Å²) in [5, 5.41) is 2.59. The number of amides is 2. The third kappa shape index (κ3) is 4.42. The van der Waals surface area contributed by atoms with Gasteiger partial charge in [-0.2, -0.15) is 9.36 Å². The third-order valence-electron chi connectivity index (χ3n) is 3.04. The zero-order chi connectivity index (χ0) is 16.1. The molecule has 0 saturated carbocycles. The van der Waals surface area contributed by atoms with Crippen molar-refractivity contribution in [3.8, 4) is 0 Å². The van der Waals surface area contributed by atoms with Crippen molar-refractivity contribution in [2.45, 2.75) is 10.1 Å². The summed E-state index contributed by atoms with van der Waals surface area (Å²) in [5.41, 5.74) is 1.20. The van der Waals surface area contributed by atoms with Crippen LogP contribution in [-0.2, 0) is 15.3 Å². The zero-order valence-electron chi connectivity index (χ0n) is 12.1. The van der Waals surface area contributed by atoms with Gasteiger partial charge in [0.1, 0.15) is 13.2 Å². The van der Waals surface area contributed by atoms with Gasteiger partial charge in [-0.3, -0.25) is 15.0 Å². The Labute approximate surface area is 141 Å². The van der Waals surface area contributed by atoms with E-state index in [0.717, 1.165) is 10.1 Å². The number of hydrogen-bond acceptors (Lipinski definition) is 7. The summed E-state index contributed by atoms with van der Waals surface area (Å²) in [7, 11) is 0. The topological polar surface area (TPSA) is 84.4 Å². The Morgan fingerprint density at radius 2 is 2.22 bits per heavy atom. The molecule has 7 nitrogen and oxygen atoms in total. The van der Waals surface area contributed by atoms with Gasteiger partial charge in [0, 0.05) is 5.75 Å². The minimum Gasteiger partial charge on any atom is -0.448 e. The lowest BCUT2D eigenvalue weighted by Crippen LogP contribution is -2.34. The van der Waals surface area contributed by atoms with Gasteiger partial charge in [-0.15, -0.1) is 0 Å². The third-order valence-corrected chi connectivity index (χ3v) is 4.95.